The van der Waals surface area contributed by atoms with Crippen molar-refractivity contribution in [3.63, 3.8) is 0 Å². The van der Waals surface area contributed by atoms with Crippen LogP contribution in [0.3, 0.4) is 0 Å². The number of ketones is 1. The molecule has 6 rings (SSSR count). The van der Waals surface area contributed by atoms with Crippen LogP contribution in [0.25, 0.3) is 0 Å². The van der Waals surface area contributed by atoms with E-state index in [0.717, 1.165) is 71.6 Å². The molecule has 1 unspecified atom stereocenters. The maximum Gasteiger partial charge on any atom is 0.195 e. The van der Waals surface area contributed by atoms with Crippen molar-refractivity contribution in [1.82, 2.24) is 0 Å². The smallest absolute Gasteiger partial charge is 0.195 e. The van der Waals surface area contributed by atoms with Gasteiger partial charge in [0.05, 0.1) is 22.6 Å². The Morgan fingerprint density at radius 3 is 2.44 bits per heavy atom. The molecule has 5 nitrogen and oxygen atoms in total. The normalized spacial score (nSPS) is 23.2. The molecule has 2 aromatic carbocycles. The van der Waals surface area contributed by atoms with Crippen molar-refractivity contribution in [3.8, 4) is 0 Å². The number of fused-ring (bicyclic) bond motifs is 2. The van der Waals surface area contributed by atoms with E-state index < -0.39 is 0 Å². The Morgan fingerprint density at radius 2 is 1.69 bits per heavy atom. The molecule has 5 heteroatoms. The van der Waals surface area contributed by atoms with Gasteiger partial charge in [0, 0.05) is 37.3 Å². The molecular weight excluding hydrogens is 398 g/mol. The second-order valence-electron chi connectivity index (χ2n) is 10.1. The molecule has 168 valence electrons. The zero-order valence-electron chi connectivity index (χ0n) is 19.2. The lowest BCUT2D eigenvalue weighted by molar-refractivity contribution is 0.101. The lowest BCUT2D eigenvalue weighted by atomic mass is 9.80. The first-order chi connectivity index (χ1) is 15.7. The zero-order valence-corrected chi connectivity index (χ0v) is 19.2. The molecule has 1 N–H and O–H groups in total. The summed E-state index contributed by atoms with van der Waals surface area (Å²) in [5, 5.41) is 0. The van der Waals surface area contributed by atoms with Crippen molar-refractivity contribution in [1.29, 1.82) is 0 Å². The van der Waals surface area contributed by atoms with Crippen molar-refractivity contribution >= 4 is 22.8 Å². The van der Waals surface area contributed by atoms with Gasteiger partial charge in [0.25, 0.3) is 0 Å². The number of rotatable bonds is 3. The largest absolute Gasteiger partial charge is 0.371 e. The standard InChI is InChI=1S/C27H33N3O2/c1-3-18-10-14-30(15-11-18)22-16-21(29-12-8-17(2)9-13-29)23-24-25(22)28-32-27(24)20-7-5-4-6-19(20)26(23)31/h4-7,16-18,27-28H,3,8-15H2,1-2H3. The topological polar surface area (TPSA) is 44.8 Å². The van der Waals surface area contributed by atoms with Crippen molar-refractivity contribution in [2.75, 3.05) is 41.5 Å². The third kappa shape index (κ3) is 3.05. The lowest BCUT2D eigenvalue weighted by Crippen LogP contribution is -2.36. The van der Waals surface area contributed by atoms with Gasteiger partial charge in [0.15, 0.2) is 5.78 Å². The van der Waals surface area contributed by atoms with Crippen LogP contribution < -0.4 is 15.3 Å². The molecule has 3 aliphatic heterocycles. The van der Waals surface area contributed by atoms with E-state index in [2.05, 4.69) is 35.2 Å². The fourth-order valence-electron chi connectivity index (χ4n) is 6.08. The second-order valence-corrected chi connectivity index (χ2v) is 10.1. The highest BCUT2D eigenvalue weighted by molar-refractivity contribution is 6.18. The van der Waals surface area contributed by atoms with Gasteiger partial charge in [-0.15, -0.1) is 0 Å². The maximum absolute atomic E-state index is 13.8. The molecule has 32 heavy (non-hydrogen) atoms. The van der Waals surface area contributed by atoms with Gasteiger partial charge in [-0.05, 0) is 49.1 Å². The third-order valence-corrected chi connectivity index (χ3v) is 8.24. The third-order valence-electron chi connectivity index (χ3n) is 8.24. The van der Waals surface area contributed by atoms with E-state index in [9.17, 15) is 4.79 Å². The molecule has 2 saturated heterocycles. The van der Waals surface area contributed by atoms with Gasteiger partial charge >= 0.3 is 0 Å². The minimum atomic E-state index is -0.218. The molecule has 0 saturated carbocycles. The van der Waals surface area contributed by atoms with E-state index in [1.807, 2.05) is 24.3 Å². The van der Waals surface area contributed by atoms with Crippen LogP contribution in [0.2, 0.25) is 0 Å². The maximum atomic E-state index is 13.8. The SMILES string of the molecule is CCC1CCN(c2cc(N3CCC(C)CC3)c3c4c2NOC4c2ccccc2C3=O)CC1. The number of nitrogens with one attached hydrogen (secondary N) is 1. The fourth-order valence-corrected chi connectivity index (χ4v) is 6.08. The fraction of sp³-hybridized carbons (Fsp3) is 0.519. The summed E-state index contributed by atoms with van der Waals surface area (Å²) in [7, 11) is 0. The molecule has 1 aliphatic carbocycles. The van der Waals surface area contributed by atoms with Crippen molar-refractivity contribution in [2.24, 2.45) is 11.8 Å². The summed E-state index contributed by atoms with van der Waals surface area (Å²) in [4.78, 5) is 24.9. The Morgan fingerprint density at radius 1 is 1.00 bits per heavy atom. The summed E-state index contributed by atoms with van der Waals surface area (Å²) < 4.78 is 0. The Bertz CT molecular complexity index is 1050. The zero-order chi connectivity index (χ0) is 21.8. The number of benzene rings is 2. The number of hydrogen-bond acceptors (Lipinski definition) is 5. The number of carbonyl (C=O) groups is 1. The average molecular weight is 432 g/mol. The summed E-state index contributed by atoms with van der Waals surface area (Å²) in [6.45, 7) is 8.80. The number of anilines is 3. The van der Waals surface area contributed by atoms with Gasteiger partial charge in [0.1, 0.15) is 6.10 Å². The van der Waals surface area contributed by atoms with Crippen LogP contribution in [-0.2, 0) is 4.84 Å². The molecule has 0 bridgehead atoms. The highest BCUT2D eigenvalue weighted by Gasteiger charge is 2.42. The first kappa shape index (κ1) is 20.1. The Labute approximate surface area is 190 Å². The minimum absolute atomic E-state index is 0.144. The van der Waals surface area contributed by atoms with Gasteiger partial charge in [-0.2, -0.15) is 0 Å². The number of nitrogens with zero attached hydrogens (tertiary/aromatic N) is 2. The summed E-state index contributed by atoms with van der Waals surface area (Å²) >= 11 is 0. The van der Waals surface area contributed by atoms with E-state index in [4.69, 9.17) is 4.84 Å². The molecule has 2 aromatic rings. The first-order valence-corrected chi connectivity index (χ1v) is 12.4. The van der Waals surface area contributed by atoms with Gasteiger partial charge in [-0.1, -0.05) is 44.5 Å². The van der Waals surface area contributed by atoms with Gasteiger partial charge in [0.2, 0.25) is 0 Å². The summed E-state index contributed by atoms with van der Waals surface area (Å²) in [6, 6.07) is 10.2. The molecule has 3 heterocycles. The monoisotopic (exact) mass is 431 g/mol. The highest BCUT2D eigenvalue weighted by Crippen LogP contribution is 2.52. The molecule has 1 atom stereocenters. The number of hydrogen-bond donors (Lipinski definition) is 1. The molecule has 0 spiro atoms. The summed E-state index contributed by atoms with van der Waals surface area (Å²) in [5.74, 6) is 1.72. The van der Waals surface area contributed by atoms with E-state index in [-0.39, 0.29) is 11.9 Å². The number of carbonyl (C=O) groups excluding carboxylic acids is 1. The van der Waals surface area contributed by atoms with Crippen molar-refractivity contribution < 1.29 is 9.63 Å². The molecule has 4 aliphatic rings. The van der Waals surface area contributed by atoms with Crippen LogP contribution in [0, 0.1) is 11.8 Å². The second kappa shape index (κ2) is 7.80. The van der Waals surface area contributed by atoms with Crippen LogP contribution in [0.5, 0.6) is 0 Å². The Kier molecular flexibility index (Phi) is 4.90. The van der Waals surface area contributed by atoms with Crippen LogP contribution in [0.15, 0.2) is 30.3 Å². The Balaban J connectivity index is 1.50. The van der Waals surface area contributed by atoms with Crippen LogP contribution in [-0.4, -0.2) is 32.0 Å². The summed E-state index contributed by atoms with van der Waals surface area (Å²) in [6.07, 6.45) is 5.86. The Hall–Kier alpha value is -2.53. The van der Waals surface area contributed by atoms with Crippen molar-refractivity contribution in [3.05, 3.63) is 52.6 Å². The molecule has 0 aromatic heterocycles. The lowest BCUT2D eigenvalue weighted by Gasteiger charge is -2.38. The van der Waals surface area contributed by atoms with Crippen molar-refractivity contribution in [2.45, 2.75) is 52.1 Å². The minimum Gasteiger partial charge on any atom is -0.371 e. The molecule has 0 radical (unpaired) electrons. The predicted molar refractivity (Wildman–Crippen MR) is 129 cm³/mol. The average Bonchev–Trinajstić information content (AvgIpc) is 3.28. The van der Waals surface area contributed by atoms with E-state index in [0.29, 0.717) is 0 Å². The molecular formula is C27H33N3O2. The van der Waals surface area contributed by atoms with Crippen LogP contribution in [0.1, 0.15) is 79.1 Å². The molecule has 2 fully saturated rings. The van der Waals surface area contributed by atoms with Gasteiger partial charge in [-0.3, -0.25) is 15.1 Å². The number of piperidine rings is 2. The van der Waals surface area contributed by atoms with E-state index in [1.165, 1.54) is 37.8 Å². The van der Waals surface area contributed by atoms with Crippen LogP contribution in [0.4, 0.5) is 17.1 Å². The first-order valence-electron chi connectivity index (χ1n) is 12.4. The van der Waals surface area contributed by atoms with Gasteiger partial charge < -0.3 is 9.80 Å². The highest BCUT2D eigenvalue weighted by atomic mass is 16.7. The quantitative estimate of drug-likeness (QED) is 0.691. The summed E-state index contributed by atoms with van der Waals surface area (Å²) in [5.41, 5.74) is 10.3. The van der Waals surface area contributed by atoms with Gasteiger partial charge in [-0.25, -0.2) is 0 Å². The van der Waals surface area contributed by atoms with E-state index in [1.54, 1.807) is 0 Å². The van der Waals surface area contributed by atoms with Crippen LogP contribution >= 0.6 is 0 Å². The predicted octanol–water partition coefficient (Wildman–Crippen LogP) is 5.54. The molecule has 0 amide bonds. The van der Waals surface area contributed by atoms with E-state index >= 15 is 0 Å².